The van der Waals surface area contributed by atoms with Gasteiger partial charge in [0, 0.05) is 7.05 Å². The van der Waals surface area contributed by atoms with Crippen LogP contribution in [-0.2, 0) is 4.79 Å². The van der Waals surface area contributed by atoms with E-state index in [9.17, 15) is 4.79 Å². The Morgan fingerprint density at radius 2 is 2.00 bits per heavy atom. The minimum absolute atomic E-state index is 0.157. The molecule has 0 bridgehead atoms. The second kappa shape index (κ2) is 5.09. The van der Waals surface area contributed by atoms with Crippen molar-refractivity contribution in [1.29, 1.82) is 0 Å². The molecule has 0 aromatic heterocycles. The monoisotopic (exact) mass is 207 g/mol. The van der Waals surface area contributed by atoms with E-state index in [1.165, 1.54) is 5.01 Å². The summed E-state index contributed by atoms with van der Waals surface area (Å²) < 4.78 is 0. The molecule has 1 aromatic carbocycles. The number of hydrogen-bond donors (Lipinski definition) is 1. The number of aryl methyl sites for hydroxylation is 1. The molecule has 0 unspecified atom stereocenters. The van der Waals surface area contributed by atoms with Gasteiger partial charge in [0.05, 0.1) is 5.69 Å². The average Bonchev–Trinajstić information content (AvgIpc) is 2.16. The van der Waals surface area contributed by atoms with Gasteiger partial charge in [0.1, 0.15) is 6.54 Å². The van der Waals surface area contributed by atoms with E-state index in [4.69, 9.17) is 5.11 Å². The molecule has 0 amide bonds. The van der Waals surface area contributed by atoms with E-state index in [-0.39, 0.29) is 6.54 Å². The first-order chi connectivity index (χ1) is 7.08. The van der Waals surface area contributed by atoms with Crippen molar-refractivity contribution in [3.05, 3.63) is 29.8 Å². The van der Waals surface area contributed by atoms with Crippen LogP contribution in [-0.4, -0.2) is 29.7 Å². The van der Waals surface area contributed by atoms with E-state index >= 15 is 0 Å². The highest BCUT2D eigenvalue weighted by atomic mass is 16.4. The fourth-order valence-corrected chi connectivity index (χ4v) is 0.967. The maximum absolute atomic E-state index is 10.3. The molecule has 80 valence electrons. The van der Waals surface area contributed by atoms with Crippen molar-refractivity contribution in [2.75, 3.05) is 13.6 Å². The van der Waals surface area contributed by atoms with Gasteiger partial charge in [0.15, 0.2) is 0 Å². The predicted octanol–water partition coefficient (Wildman–Crippen LogP) is 2.01. The van der Waals surface area contributed by atoms with Gasteiger partial charge in [0.2, 0.25) is 0 Å². The van der Waals surface area contributed by atoms with E-state index in [2.05, 4.69) is 10.3 Å². The number of benzene rings is 1. The Labute approximate surface area is 88.0 Å². The number of hydrogen-bond acceptors (Lipinski definition) is 3. The Morgan fingerprint density at radius 1 is 1.40 bits per heavy atom. The summed E-state index contributed by atoms with van der Waals surface area (Å²) in [6.07, 6.45) is 0. The molecule has 1 rings (SSSR count). The summed E-state index contributed by atoms with van der Waals surface area (Å²) in [5.41, 5.74) is 1.85. The molecule has 0 spiro atoms. The molecule has 1 N–H and O–H groups in total. The Balaban J connectivity index is 2.57. The van der Waals surface area contributed by atoms with E-state index in [1.54, 1.807) is 7.05 Å². The van der Waals surface area contributed by atoms with E-state index in [0.717, 1.165) is 5.56 Å². The lowest BCUT2D eigenvalue weighted by Crippen LogP contribution is -2.19. The number of nitrogens with zero attached hydrogens (tertiary/aromatic N) is 3. The summed E-state index contributed by atoms with van der Waals surface area (Å²) in [5.74, 6) is -0.930. The molecular formula is C10H13N3O2. The molecule has 0 aliphatic heterocycles. The van der Waals surface area contributed by atoms with Crippen LogP contribution in [0.1, 0.15) is 5.56 Å². The van der Waals surface area contributed by atoms with Gasteiger partial charge in [-0.25, -0.2) is 0 Å². The van der Waals surface area contributed by atoms with Gasteiger partial charge in [0.25, 0.3) is 0 Å². The van der Waals surface area contributed by atoms with E-state index in [0.29, 0.717) is 5.69 Å². The van der Waals surface area contributed by atoms with Gasteiger partial charge in [-0.05, 0) is 19.1 Å². The second-order valence-corrected chi connectivity index (χ2v) is 3.23. The van der Waals surface area contributed by atoms with Crippen LogP contribution in [0.3, 0.4) is 0 Å². The molecule has 0 aliphatic carbocycles. The molecule has 0 aliphatic rings. The molecule has 15 heavy (non-hydrogen) atoms. The molecule has 0 atom stereocenters. The Hall–Kier alpha value is -1.91. The van der Waals surface area contributed by atoms with Gasteiger partial charge in [-0.3, -0.25) is 9.80 Å². The average molecular weight is 207 g/mol. The molecule has 5 heteroatoms. The van der Waals surface area contributed by atoms with Crippen molar-refractivity contribution in [3.8, 4) is 0 Å². The highest BCUT2D eigenvalue weighted by Crippen LogP contribution is 2.12. The Kier molecular flexibility index (Phi) is 3.79. The molecule has 0 heterocycles. The number of carboxylic acid groups (broad SMARTS) is 1. The summed E-state index contributed by atoms with van der Waals surface area (Å²) in [6, 6.07) is 7.50. The van der Waals surface area contributed by atoms with Crippen molar-refractivity contribution < 1.29 is 9.90 Å². The van der Waals surface area contributed by atoms with Crippen molar-refractivity contribution in [2.24, 2.45) is 10.3 Å². The minimum Gasteiger partial charge on any atom is -0.480 e. The third-order valence-corrected chi connectivity index (χ3v) is 1.71. The summed E-state index contributed by atoms with van der Waals surface area (Å²) in [4.78, 5) is 10.3. The van der Waals surface area contributed by atoms with E-state index in [1.807, 2.05) is 31.2 Å². The Bertz CT molecular complexity index is 359. The molecule has 0 fully saturated rings. The zero-order chi connectivity index (χ0) is 11.3. The number of carboxylic acids is 1. The number of likely N-dealkylation sites (N-methyl/N-ethyl adjacent to an activating group) is 1. The van der Waals surface area contributed by atoms with E-state index < -0.39 is 5.97 Å². The fourth-order valence-electron chi connectivity index (χ4n) is 0.967. The van der Waals surface area contributed by atoms with Gasteiger partial charge >= 0.3 is 5.97 Å². The van der Waals surface area contributed by atoms with Crippen molar-refractivity contribution >= 4 is 11.7 Å². The summed E-state index contributed by atoms with van der Waals surface area (Å²) in [7, 11) is 1.56. The second-order valence-electron chi connectivity index (χ2n) is 3.23. The normalized spacial score (nSPS) is 10.5. The predicted molar refractivity (Wildman–Crippen MR) is 56.0 cm³/mol. The summed E-state index contributed by atoms with van der Waals surface area (Å²) in [5, 5.41) is 17.4. The standard InChI is InChI=1S/C10H13N3O2/c1-8-3-5-9(6-4-8)11-12-13(2)7-10(14)15/h3-6H,7H2,1-2H3,(H,14,15). The van der Waals surface area contributed by atoms with Crippen LogP contribution in [0.15, 0.2) is 34.6 Å². The largest absolute Gasteiger partial charge is 0.480 e. The molecular weight excluding hydrogens is 194 g/mol. The zero-order valence-corrected chi connectivity index (χ0v) is 8.71. The lowest BCUT2D eigenvalue weighted by molar-refractivity contribution is -0.138. The molecule has 5 nitrogen and oxygen atoms in total. The van der Waals surface area contributed by atoms with Crippen molar-refractivity contribution in [1.82, 2.24) is 5.01 Å². The third kappa shape index (κ3) is 4.21. The zero-order valence-electron chi connectivity index (χ0n) is 8.71. The van der Waals surface area contributed by atoms with Crippen LogP contribution in [0, 0.1) is 6.92 Å². The Morgan fingerprint density at radius 3 is 2.53 bits per heavy atom. The van der Waals surface area contributed by atoms with Gasteiger partial charge in [-0.2, -0.15) is 0 Å². The van der Waals surface area contributed by atoms with Crippen LogP contribution in [0.2, 0.25) is 0 Å². The van der Waals surface area contributed by atoms with Crippen molar-refractivity contribution in [2.45, 2.75) is 6.92 Å². The molecule has 0 saturated heterocycles. The topological polar surface area (TPSA) is 65.3 Å². The fraction of sp³-hybridized carbons (Fsp3) is 0.300. The van der Waals surface area contributed by atoms with Crippen LogP contribution < -0.4 is 0 Å². The van der Waals surface area contributed by atoms with Crippen LogP contribution in [0.5, 0.6) is 0 Å². The van der Waals surface area contributed by atoms with Gasteiger partial charge in [-0.15, -0.1) is 5.11 Å². The maximum Gasteiger partial charge on any atom is 0.324 e. The van der Waals surface area contributed by atoms with Crippen molar-refractivity contribution in [3.63, 3.8) is 0 Å². The summed E-state index contributed by atoms with van der Waals surface area (Å²) >= 11 is 0. The smallest absolute Gasteiger partial charge is 0.324 e. The molecule has 0 radical (unpaired) electrons. The summed E-state index contributed by atoms with van der Waals surface area (Å²) in [6.45, 7) is 1.83. The minimum atomic E-state index is -0.930. The quantitative estimate of drug-likeness (QED) is 0.606. The SMILES string of the molecule is Cc1ccc(N=NN(C)CC(=O)O)cc1. The van der Waals surface area contributed by atoms with Gasteiger partial charge in [-0.1, -0.05) is 22.9 Å². The first kappa shape index (κ1) is 11.2. The van der Waals surface area contributed by atoms with Crippen LogP contribution in [0.25, 0.3) is 0 Å². The highest BCUT2D eigenvalue weighted by Gasteiger charge is 2.00. The lowest BCUT2D eigenvalue weighted by atomic mass is 10.2. The highest BCUT2D eigenvalue weighted by molar-refractivity contribution is 5.68. The lowest BCUT2D eigenvalue weighted by Gasteiger charge is -2.06. The molecule has 0 saturated carbocycles. The first-order valence-electron chi connectivity index (χ1n) is 4.49. The van der Waals surface area contributed by atoms with Crippen LogP contribution in [0.4, 0.5) is 5.69 Å². The number of carbonyl (C=O) groups is 1. The first-order valence-corrected chi connectivity index (χ1v) is 4.49. The maximum atomic E-state index is 10.3. The van der Waals surface area contributed by atoms with Gasteiger partial charge < -0.3 is 5.11 Å². The van der Waals surface area contributed by atoms with Crippen LogP contribution >= 0.6 is 0 Å². The third-order valence-electron chi connectivity index (χ3n) is 1.71. The number of rotatable bonds is 4. The molecule has 1 aromatic rings. The number of aliphatic carboxylic acids is 1.